The fourth-order valence-corrected chi connectivity index (χ4v) is 5.47. The van der Waals surface area contributed by atoms with Crippen molar-refractivity contribution in [2.45, 2.75) is 103 Å². The lowest BCUT2D eigenvalue weighted by Gasteiger charge is -2.38. The number of benzene rings is 1. The predicted molar refractivity (Wildman–Crippen MR) is 107 cm³/mol. The van der Waals surface area contributed by atoms with Crippen molar-refractivity contribution >= 4 is 0 Å². The smallest absolute Gasteiger partial charge is 0.205 e. The van der Waals surface area contributed by atoms with Crippen molar-refractivity contribution in [3.63, 3.8) is 0 Å². The number of ether oxygens (including phenoxy) is 2. The lowest BCUT2D eigenvalue weighted by Crippen LogP contribution is -2.41. The van der Waals surface area contributed by atoms with Gasteiger partial charge in [0.05, 0.1) is 6.10 Å². The molecule has 2 atom stereocenters. The average molecular weight is 357 g/mol. The molecule has 4 rings (SSSR count). The van der Waals surface area contributed by atoms with E-state index in [1.165, 1.54) is 76.2 Å². The van der Waals surface area contributed by atoms with Crippen LogP contribution in [0.2, 0.25) is 0 Å². The van der Waals surface area contributed by atoms with E-state index in [1.807, 2.05) is 0 Å². The van der Waals surface area contributed by atoms with Crippen molar-refractivity contribution in [2.24, 2.45) is 11.3 Å². The molecule has 0 N–H and O–H groups in total. The summed E-state index contributed by atoms with van der Waals surface area (Å²) in [5, 5.41) is 0. The van der Waals surface area contributed by atoms with Crippen molar-refractivity contribution in [1.82, 2.24) is 0 Å². The Balaban J connectivity index is 1.49. The molecule has 0 aromatic heterocycles. The molecule has 0 heterocycles. The van der Waals surface area contributed by atoms with Crippen LogP contribution in [-0.4, -0.2) is 12.4 Å². The van der Waals surface area contributed by atoms with E-state index in [4.69, 9.17) is 9.47 Å². The summed E-state index contributed by atoms with van der Waals surface area (Å²) in [6.07, 6.45) is 14.6. The molecular weight excluding hydrogens is 320 g/mol. The van der Waals surface area contributed by atoms with Gasteiger partial charge in [0.2, 0.25) is 6.29 Å². The zero-order valence-corrected chi connectivity index (χ0v) is 16.7. The Morgan fingerprint density at radius 2 is 1.69 bits per heavy atom. The summed E-state index contributed by atoms with van der Waals surface area (Å²) in [6.45, 7) is 4.54. The van der Waals surface area contributed by atoms with Crippen molar-refractivity contribution < 1.29 is 9.47 Å². The fourth-order valence-electron chi connectivity index (χ4n) is 5.47. The summed E-state index contributed by atoms with van der Waals surface area (Å²) in [6, 6.07) is 8.81. The van der Waals surface area contributed by atoms with Crippen molar-refractivity contribution in [3.05, 3.63) is 29.8 Å². The molecule has 2 heteroatoms. The Labute approximate surface area is 159 Å². The molecule has 26 heavy (non-hydrogen) atoms. The van der Waals surface area contributed by atoms with Crippen LogP contribution in [0.1, 0.15) is 96.0 Å². The van der Waals surface area contributed by atoms with Gasteiger partial charge in [-0.25, -0.2) is 0 Å². The summed E-state index contributed by atoms with van der Waals surface area (Å²) < 4.78 is 13.2. The van der Waals surface area contributed by atoms with Gasteiger partial charge in [-0.1, -0.05) is 45.2 Å². The van der Waals surface area contributed by atoms with E-state index < -0.39 is 0 Å². The molecule has 0 spiro atoms. The summed E-state index contributed by atoms with van der Waals surface area (Å²) in [5.74, 6) is 2.52. The average Bonchev–Trinajstić information content (AvgIpc) is 3.31. The van der Waals surface area contributed by atoms with Gasteiger partial charge in [-0.2, -0.15) is 0 Å². The molecule has 2 bridgehead atoms. The van der Waals surface area contributed by atoms with E-state index in [1.54, 1.807) is 0 Å². The van der Waals surface area contributed by atoms with Gasteiger partial charge in [-0.15, -0.1) is 0 Å². The highest BCUT2D eigenvalue weighted by molar-refractivity contribution is 5.29. The molecule has 0 amide bonds. The van der Waals surface area contributed by atoms with E-state index in [2.05, 4.69) is 38.1 Å². The molecule has 144 valence electrons. The van der Waals surface area contributed by atoms with Crippen molar-refractivity contribution in [1.29, 1.82) is 0 Å². The highest BCUT2D eigenvalue weighted by Crippen LogP contribution is 2.57. The van der Waals surface area contributed by atoms with Crippen molar-refractivity contribution in [2.75, 3.05) is 0 Å². The number of rotatable bonds is 7. The van der Waals surface area contributed by atoms with Crippen LogP contribution in [0, 0.1) is 11.3 Å². The Morgan fingerprint density at radius 1 is 1.00 bits per heavy atom. The third-order valence-corrected chi connectivity index (χ3v) is 7.47. The third-order valence-electron chi connectivity index (χ3n) is 7.47. The molecule has 3 saturated carbocycles. The molecule has 3 fully saturated rings. The summed E-state index contributed by atoms with van der Waals surface area (Å²) in [5.41, 5.74) is 1.68. The molecule has 2 unspecified atom stereocenters. The van der Waals surface area contributed by atoms with Crippen LogP contribution >= 0.6 is 0 Å². The Hall–Kier alpha value is -1.02. The first kappa shape index (κ1) is 18.3. The van der Waals surface area contributed by atoms with Gasteiger partial charge in [0, 0.05) is 5.41 Å². The molecular formula is C24H36O2. The lowest BCUT2D eigenvalue weighted by atomic mass is 9.83. The first-order valence-corrected chi connectivity index (χ1v) is 11.1. The van der Waals surface area contributed by atoms with E-state index in [0.29, 0.717) is 12.0 Å². The quantitative estimate of drug-likeness (QED) is 0.498. The maximum Gasteiger partial charge on any atom is 0.205 e. The highest BCUT2D eigenvalue weighted by atomic mass is 16.7. The van der Waals surface area contributed by atoms with E-state index in [9.17, 15) is 0 Å². The normalized spacial score (nSPS) is 31.1. The van der Waals surface area contributed by atoms with Gasteiger partial charge >= 0.3 is 0 Å². The van der Waals surface area contributed by atoms with Crippen LogP contribution < -0.4 is 4.74 Å². The zero-order chi connectivity index (χ0) is 18.0. The minimum Gasteiger partial charge on any atom is -0.464 e. The second-order valence-corrected chi connectivity index (χ2v) is 9.23. The molecule has 3 aliphatic carbocycles. The van der Waals surface area contributed by atoms with E-state index >= 15 is 0 Å². The SMILES string of the molecule is CCC(C)c1ccc(OC(OC2CCCCC2)C23CCC(CC2)C3)cc1. The first-order valence-electron chi connectivity index (χ1n) is 11.1. The largest absolute Gasteiger partial charge is 0.464 e. The second-order valence-electron chi connectivity index (χ2n) is 9.23. The molecule has 1 aromatic carbocycles. The van der Waals surface area contributed by atoms with Gasteiger partial charge in [0.15, 0.2) is 0 Å². The van der Waals surface area contributed by atoms with Crippen LogP contribution in [0.25, 0.3) is 0 Å². The monoisotopic (exact) mass is 356 g/mol. The van der Waals surface area contributed by atoms with Crippen LogP contribution in [0.4, 0.5) is 0 Å². The standard InChI is InChI=1S/C24H36O2/c1-3-18(2)20-9-11-22(12-10-20)26-23(25-21-7-5-4-6-8-21)24-15-13-19(17-24)14-16-24/h9-12,18-19,21,23H,3-8,13-17H2,1-2H3. The lowest BCUT2D eigenvalue weighted by molar-refractivity contribution is -0.189. The van der Waals surface area contributed by atoms with Gasteiger partial charge in [-0.05, 0) is 80.9 Å². The maximum absolute atomic E-state index is 6.68. The van der Waals surface area contributed by atoms with Gasteiger partial charge in [0.25, 0.3) is 0 Å². The highest BCUT2D eigenvalue weighted by Gasteiger charge is 2.52. The first-order chi connectivity index (χ1) is 12.7. The maximum atomic E-state index is 6.68. The van der Waals surface area contributed by atoms with Crippen LogP contribution in [0.5, 0.6) is 5.75 Å². The second kappa shape index (κ2) is 7.92. The number of hydrogen-bond acceptors (Lipinski definition) is 2. The minimum atomic E-state index is -0.0486. The Kier molecular flexibility index (Phi) is 5.59. The predicted octanol–water partition coefficient (Wildman–Crippen LogP) is 6.83. The van der Waals surface area contributed by atoms with Gasteiger partial charge < -0.3 is 9.47 Å². The third kappa shape index (κ3) is 3.81. The topological polar surface area (TPSA) is 18.5 Å². The Bertz CT molecular complexity index is 564. The van der Waals surface area contributed by atoms with Crippen LogP contribution in [-0.2, 0) is 4.74 Å². The van der Waals surface area contributed by atoms with E-state index in [-0.39, 0.29) is 11.7 Å². The van der Waals surface area contributed by atoms with Crippen molar-refractivity contribution in [3.8, 4) is 5.75 Å². The number of hydrogen-bond donors (Lipinski definition) is 0. The van der Waals surface area contributed by atoms with Gasteiger partial charge in [0.1, 0.15) is 5.75 Å². The molecule has 0 aliphatic heterocycles. The zero-order valence-electron chi connectivity index (χ0n) is 16.7. The fraction of sp³-hybridized carbons (Fsp3) is 0.750. The molecule has 0 radical (unpaired) electrons. The molecule has 0 saturated heterocycles. The Morgan fingerprint density at radius 3 is 2.27 bits per heavy atom. The summed E-state index contributed by atoms with van der Waals surface area (Å²) in [4.78, 5) is 0. The summed E-state index contributed by atoms with van der Waals surface area (Å²) in [7, 11) is 0. The van der Waals surface area contributed by atoms with Crippen LogP contribution in [0.3, 0.4) is 0 Å². The molecule has 2 nitrogen and oxygen atoms in total. The summed E-state index contributed by atoms with van der Waals surface area (Å²) >= 11 is 0. The minimum absolute atomic E-state index is 0.0486. The number of fused-ring (bicyclic) bond motifs is 2. The molecule has 1 aromatic rings. The van der Waals surface area contributed by atoms with E-state index in [0.717, 1.165) is 11.7 Å². The van der Waals surface area contributed by atoms with Gasteiger partial charge in [-0.3, -0.25) is 0 Å². The van der Waals surface area contributed by atoms with Crippen LogP contribution in [0.15, 0.2) is 24.3 Å². The molecule has 3 aliphatic rings.